The molecule has 1 saturated heterocycles. The predicted molar refractivity (Wildman–Crippen MR) is 88.4 cm³/mol. The molecule has 1 atom stereocenters. The van der Waals surface area contributed by atoms with Crippen LogP contribution in [0.2, 0.25) is 0 Å². The van der Waals surface area contributed by atoms with E-state index in [2.05, 4.69) is 0 Å². The molecule has 0 aromatic heterocycles. The monoisotopic (exact) mass is 335 g/mol. The Labute approximate surface area is 142 Å². The summed E-state index contributed by atoms with van der Waals surface area (Å²) in [6.07, 6.45) is 1.68. The van der Waals surface area contributed by atoms with Crippen LogP contribution in [0.3, 0.4) is 0 Å². The van der Waals surface area contributed by atoms with Gasteiger partial charge in [-0.1, -0.05) is 0 Å². The van der Waals surface area contributed by atoms with Gasteiger partial charge in [0.05, 0.1) is 26.3 Å². The Bertz CT molecular complexity index is 595. The Morgan fingerprint density at radius 3 is 2.96 bits per heavy atom. The number of nitrogens with zero attached hydrogens (tertiary/aromatic N) is 1. The number of rotatable bonds is 3. The van der Waals surface area contributed by atoms with Crippen molar-refractivity contribution in [1.82, 2.24) is 4.90 Å². The van der Waals surface area contributed by atoms with Crippen LogP contribution in [-0.4, -0.2) is 49.6 Å². The summed E-state index contributed by atoms with van der Waals surface area (Å²) in [5.41, 5.74) is 0.427. The number of amides is 1. The maximum absolute atomic E-state index is 12.5. The summed E-state index contributed by atoms with van der Waals surface area (Å²) in [5.74, 6) is 1.48. The molecule has 132 valence electrons. The average molecular weight is 335 g/mol. The van der Waals surface area contributed by atoms with Gasteiger partial charge in [0.15, 0.2) is 0 Å². The number of ether oxygens (including phenoxy) is 4. The molecule has 1 aromatic carbocycles. The zero-order valence-corrected chi connectivity index (χ0v) is 14.5. The van der Waals surface area contributed by atoms with Gasteiger partial charge >= 0.3 is 6.09 Å². The molecule has 6 heteroatoms. The number of hydrogen-bond acceptors (Lipinski definition) is 5. The van der Waals surface area contributed by atoms with Crippen molar-refractivity contribution in [3.63, 3.8) is 0 Å². The van der Waals surface area contributed by atoms with E-state index in [4.69, 9.17) is 18.9 Å². The van der Waals surface area contributed by atoms with E-state index >= 15 is 0 Å². The van der Waals surface area contributed by atoms with Gasteiger partial charge in [-0.15, -0.1) is 0 Å². The van der Waals surface area contributed by atoms with Gasteiger partial charge in [-0.3, -0.25) is 4.90 Å². The Morgan fingerprint density at radius 2 is 2.25 bits per heavy atom. The van der Waals surface area contributed by atoms with Crippen LogP contribution in [-0.2, 0) is 16.0 Å². The van der Waals surface area contributed by atoms with E-state index in [0.29, 0.717) is 19.7 Å². The van der Waals surface area contributed by atoms with Crippen LogP contribution in [0.15, 0.2) is 18.2 Å². The molecule has 1 aromatic rings. The first-order chi connectivity index (χ1) is 11.5. The van der Waals surface area contributed by atoms with Crippen molar-refractivity contribution in [2.24, 2.45) is 0 Å². The third kappa shape index (κ3) is 3.93. The maximum atomic E-state index is 12.5. The second-order valence-corrected chi connectivity index (χ2v) is 6.90. The zero-order chi connectivity index (χ0) is 17.2. The van der Waals surface area contributed by atoms with Crippen molar-refractivity contribution >= 4 is 6.09 Å². The van der Waals surface area contributed by atoms with E-state index in [0.717, 1.165) is 36.5 Å². The summed E-state index contributed by atoms with van der Waals surface area (Å²) < 4.78 is 22.3. The molecule has 2 heterocycles. The summed E-state index contributed by atoms with van der Waals surface area (Å²) in [4.78, 5) is 14.2. The van der Waals surface area contributed by atoms with Crippen molar-refractivity contribution in [2.75, 3.05) is 26.9 Å². The predicted octanol–water partition coefficient (Wildman–Crippen LogP) is 2.98. The highest BCUT2D eigenvalue weighted by atomic mass is 16.6. The summed E-state index contributed by atoms with van der Waals surface area (Å²) in [6, 6.07) is 5.66. The van der Waals surface area contributed by atoms with Crippen LogP contribution in [0.1, 0.15) is 32.3 Å². The lowest BCUT2D eigenvalue weighted by Crippen LogP contribution is -2.43. The van der Waals surface area contributed by atoms with E-state index in [-0.39, 0.29) is 12.2 Å². The van der Waals surface area contributed by atoms with Gasteiger partial charge in [0.2, 0.25) is 0 Å². The average Bonchev–Trinajstić information content (AvgIpc) is 3.01. The highest BCUT2D eigenvalue weighted by Crippen LogP contribution is 2.32. The molecular formula is C18H25NO5. The molecule has 0 spiro atoms. The molecular weight excluding hydrogens is 310 g/mol. The van der Waals surface area contributed by atoms with Gasteiger partial charge in [-0.05, 0) is 38.8 Å². The highest BCUT2D eigenvalue weighted by molar-refractivity contribution is 5.68. The third-order valence-electron chi connectivity index (χ3n) is 4.27. The van der Waals surface area contributed by atoms with E-state index in [1.807, 2.05) is 32.0 Å². The fourth-order valence-electron chi connectivity index (χ4n) is 3.10. The Kier molecular flexibility index (Phi) is 4.85. The van der Waals surface area contributed by atoms with Crippen molar-refractivity contribution in [1.29, 1.82) is 0 Å². The Hall–Kier alpha value is -1.95. The topological polar surface area (TPSA) is 57.2 Å². The second kappa shape index (κ2) is 6.89. The van der Waals surface area contributed by atoms with Gasteiger partial charge in [0, 0.05) is 18.2 Å². The first kappa shape index (κ1) is 16.9. The number of hydrogen-bond donors (Lipinski definition) is 0. The molecule has 3 rings (SSSR count). The normalized spacial score (nSPS) is 22.3. The number of carbonyl (C=O) groups is 1. The first-order valence-corrected chi connectivity index (χ1v) is 8.36. The van der Waals surface area contributed by atoms with Gasteiger partial charge in [0.25, 0.3) is 0 Å². The molecule has 1 fully saturated rings. The summed E-state index contributed by atoms with van der Waals surface area (Å²) in [6.45, 7) is 5.89. The number of carbonyl (C=O) groups excluding carboxylic acids is 1. The Morgan fingerprint density at radius 1 is 1.42 bits per heavy atom. The minimum atomic E-state index is -0.513. The van der Waals surface area contributed by atoms with E-state index in [1.165, 1.54) is 0 Å². The van der Waals surface area contributed by atoms with Crippen molar-refractivity contribution in [3.05, 3.63) is 23.8 Å². The fraction of sp³-hybridized carbons (Fsp3) is 0.611. The van der Waals surface area contributed by atoms with Crippen molar-refractivity contribution < 1.29 is 23.7 Å². The van der Waals surface area contributed by atoms with Crippen LogP contribution in [0, 0.1) is 0 Å². The maximum Gasteiger partial charge on any atom is 0.410 e. The van der Waals surface area contributed by atoms with E-state index in [9.17, 15) is 4.79 Å². The number of benzene rings is 1. The smallest absolute Gasteiger partial charge is 0.410 e. The fourth-order valence-corrected chi connectivity index (χ4v) is 3.10. The standard InChI is InChI=1S/C18H25NO5/c1-18(2)12-19(17(20)23-11-15-5-4-8-22-15)10-13-6-7-14(21-3)9-16(13)24-18/h6-7,9,15H,4-5,8,10-12H2,1-3H3. The van der Waals surface area contributed by atoms with Crippen LogP contribution in [0.4, 0.5) is 4.79 Å². The zero-order valence-electron chi connectivity index (χ0n) is 14.5. The van der Waals surface area contributed by atoms with Gasteiger partial charge in [0.1, 0.15) is 23.7 Å². The molecule has 2 aliphatic rings. The SMILES string of the molecule is COc1ccc2c(c1)OC(C)(C)CN(C(=O)OCC1CCCO1)C2. The van der Waals surface area contributed by atoms with Gasteiger partial charge < -0.3 is 18.9 Å². The van der Waals surface area contributed by atoms with Crippen LogP contribution in [0.5, 0.6) is 11.5 Å². The molecule has 1 amide bonds. The molecule has 0 radical (unpaired) electrons. The summed E-state index contributed by atoms with van der Waals surface area (Å²) >= 11 is 0. The third-order valence-corrected chi connectivity index (χ3v) is 4.27. The van der Waals surface area contributed by atoms with Crippen molar-refractivity contribution in [3.8, 4) is 11.5 Å². The van der Waals surface area contributed by atoms with E-state index < -0.39 is 5.60 Å². The Balaban J connectivity index is 1.71. The lowest BCUT2D eigenvalue weighted by atomic mass is 10.1. The summed E-state index contributed by atoms with van der Waals surface area (Å²) in [7, 11) is 1.62. The van der Waals surface area contributed by atoms with Crippen LogP contribution < -0.4 is 9.47 Å². The van der Waals surface area contributed by atoms with Gasteiger partial charge in [-0.2, -0.15) is 0 Å². The molecule has 0 bridgehead atoms. The molecule has 0 N–H and O–H groups in total. The molecule has 0 saturated carbocycles. The van der Waals surface area contributed by atoms with Crippen LogP contribution >= 0.6 is 0 Å². The molecule has 24 heavy (non-hydrogen) atoms. The van der Waals surface area contributed by atoms with Crippen molar-refractivity contribution in [2.45, 2.75) is 44.9 Å². The largest absolute Gasteiger partial charge is 0.497 e. The van der Waals surface area contributed by atoms with Gasteiger partial charge in [-0.25, -0.2) is 4.79 Å². The number of fused-ring (bicyclic) bond motifs is 1. The quantitative estimate of drug-likeness (QED) is 0.850. The minimum absolute atomic E-state index is 0.0294. The molecule has 0 aliphatic carbocycles. The summed E-state index contributed by atoms with van der Waals surface area (Å²) in [5, 5.41) is 0. The lowest BCUT2D eigenvalue weighted by Gasteiger charge is -2.29. The second-order valence-electron chi connectivity index (χ2n) is 6.90. The van der Waals surface area contributed by atoms with Crippen LogP contribution in [0.25, 0.3) is 0 Å². The first-order valence-electron chi connectivity index (χ1n) is 8.36. The number of methoxy groups -OCH3 is 1. The van der Waals surface area contributed by atoms with E-state index in [1.54, 1.807) is 12.0 Å². The molecule has 6 nitrogen and oxygen atoms in total. The lowest BCUT2D eigenvalue weighted by molar-refractivity contribution is 0.0176. The minimum Gasteiger partial charge on any atom is -0.497 e. The highest BCUT2D eigenvalue weighted by Gasteiger charge is 2.33. The molecule has 1 unspecified atom stereocenters. The molecule has 2 aliphatic heterocycles.